The van der Waals surface area contributed by atoms with Gasteiger partial charge in [-0.2, -0.15) is 0 Å². The van der Waals surface area contributed by atoms with Gasteiger partial charge in [0.1, 0.15) is 5.15 Å². The molecule has 0 saturated carbocycles. The Morgan fingerprint density at radius 3 is 2.75 bits per heavy atom. The fourth-order valence-electron chi connectivity index (χ4n) is 2.12. The molecule has 1 fully saturated rings. The Morgan fingerprint density at radius 2 is 2.10 bits per heavy atom. The molecular formula is C13H15BrClN3O2. The van der Waals surface area contributed by atoms with Crippen LogP contribution in [-0.4, -0.2) is 53.3 Å². The average molecular weight is 361 g/mol. The van der Waals surface area contributed by atoms with E-state index in [9.17, 15) is 9.59 Å². The first-order valence-corrected chi connectivity index (χ1v) is 7.50. The van der Waals surface area contributed by atoms with Crippen LogP contribution < -0.4 is 0 Å². The summed E-state index contributed by atoms with van der Waals surface area (Å²) in [6.45, 7) is 1.61. The topological polar surface area (TPSA) is 53.5 Å². The minimum atomic E-state index is -0.309. The second-order valence-electron chi connectivity index (χ2n) is 4.74. The van der Waals surface area contributed by atoms with Crippen LogP contribution in [0.5, 0.6) is 0 Å². The highest BCUT2D eigenvalue weighted by atomic mass is 79.9. The van der Waals surface area contributed by atoms with Crippen molar-refractivity contribution in [3.63, 3.8) is 0 Å². The first-order valence-electron chi connectivity index (χ1n) is 6.33. The fraction of sp³-hybridized carbons (Fsp3) is 0.462. The normalized spacial score (nSPS) is 14.4. The van der Waals surface area contributed by atoms with Crippen molar-refractivity contribution in [2.75, 3.05) is 26.7 Å². The van der Waals surface area contributed by atoms with Gasteiger partial charge in [-0.3, -0.25) is 9.59 Å². The van der Waals surface area contributed by atoms with Crippen LogP contribution in [0.15, 0.2) is 16.7 Å². The number of amides is 2. The van der Waals surface area contributed by atoms with E-state index in [2.05, 4.69) is 20.9 Å². The molecule has 0 radical (unpaired) electrons. The highest BCUT2D eigenvalue weighted by Crippen LogP contribution is 2.19. The summed E-state index contributed by atoms with van der Waals surface area (Å²) in [5.41, 5.74) is 0.290. The van der Waals surface area contributed by atoms with Crippen LogP contribution in [0.2, 0.25) is 5.15 Å². The zero-order valence-corrected chi connectivity index (χ0v) is 13.4. The Labute approximate surface area is 131 Å². The molecule has 0 aliphatic carbocycles. The highest BCUT2D eigenvalue weighted by molar-refractivity contribution is 9.10. The molecule has 0 atom stereocenters. The highest BCUT2D eigenvalue weighted by Gasteiger charge is 2.23. The molecule has 1 aliphatic heterocycles. The number of halogens is 2. The van der Waals surface area contributed by atoms with Crippen molar-refractivity contribution in [3.05, 3.63) is 27.5 Å². The minimum Gasteiger partial charge on any atom is -0.341 e. The number of likely N-dealkylation sites (N-methyl/N-ethyl adjacent to an activating group) is 1. The van der Waals surface area contributed by atoms with E-state index in [-0.39, 0.29) is 29.1 Å². The predicted octanol–water partition coefficient (Wildman–Crippen LogP) is 2.19. The van der Waals surface area contributed by atoms with Gasteiger partial charge >= 0.3 is 0 Å². The Bertz CT molecular complexity index is 532. The van der Waals surface area contributed by atoms with Crippen molar-refractivity contribution < 1.29 is 9.59 Å². The summed E-state index contributed by atoms with van der Waals surface area (Å²) in [6, 6.07) is 1.61. The fourth-order valence-corrected chi connectivity index (χ4v) is 2.63. The zero-order valence-electron chi connectivity index (χ0n) is 11.1. The SMILES string of the molecule is CN(CC(=O)N1CCCC1)C(=O)c1cc(Br)cnc1Cl. The van der Waals surface area contributed by atoms with Crippen LogP contribution in [0.25, 0.3) is 0 Å². The molecule has 0 aromatic carbocycles. The number of carbonyl (C=O) groups is 2. The van der Waals surface area contributed by atoms with E-state index < -0.39 is 0 Å². The minimum absolute atomic E-state index is 0.0302. The zero-order chi connectivity index (χ0) is 14.7. The van der Waals surface area contributed by atoms with Crippen molar-refractivity contribution in [1.29, 1.82) is 0 Å². The van der Waals surface area contributed by atoms with Crippen LogP contribution in [0, 0.1) is 0 Å². The molecule has 2 heterocycles. The summed E-state index contributed by atoms with van der Waals surface area (Å²) in [4.78, 5) is 31.4. The molecule has 5 nitrogen and oxygen atoms in total. The molecule has 2 amide bonds. The van der Waals surface area contributed by atoms with Crippen molar-refractivity contribution in [1.82, 2.24) is 14.8 Å². The van der Waals surface area contributed by atoms with E-state index in [1.54, 1.807) is 18.0 Å². The van der Waals surface area contributed by atoms with Gasteiger partial charge in [0.2, 0.25) is 5.91 Å². The lowest BCUT2D eigenvalue weighted by Gasteiger charge is -2.21. The summed E-state index contributed by atoms with van der Waals surface area (Å²) in [5.74, 6) is -0.339. The first kappa shape index (κ1) is 15.3. The van der Waals surface area contributed by atoms with Crippen LogP contribution in [0.3, 0.4) is 0 Å². The van der Waals surface area contributed by atoms with Gasteiger partial charge in [0, 0.05) is 30.8 Å². The number of carbonyl (C=O) groups excluding carboxylic acids is 2. The number of rotatable bonds is 3. The Balaban J connectivity index is 2.04. The van der Waals surface area contributed by atoms with Gasteiger partial charge in [-0.15, -0.1) is 0 Å². The first-order chi connectivity index (χ1) is 9.49. The number of hydrogen-bond donors (Lipinski definition) is 0. The third-order valence-corrected chi connectivity index (χ3v) is 3.95. The van der Waals surface area contributed by atoms with Crippen molar-refractivity contribution in [3.8, 4) is 0 Å². The Morgan fingerprint density at radius 1 is 1.45 bits per heavy atom. The lowest BCUT2D eigenvalue weighted by Crippen LogP contribution is -2.40. The Hall–Kier alpha value is -1.14. The van der Waals surface area contributed by atoms with E-state index >= 15 is 0 Å². The van der Waals surface area contributed by atoms with E-state index in [0.717, 1.165) is 25.9 Å². The number of likely N-dealkylation sites (tertiary alicyclic amines) is 1. The lowest BCUT2D eigenvalue weighted by atomic mass is 10.2. The molecule has 108 valence electrons. The number of aromatic nitrogens is 1. The van der Waals surface area contributed by atoms with E-state index in [4.69, 9.17) is 11.6 Å². The van der Waals surface area contributed by atoms with Gasteiger partial charge in [-0.1, -0.05) is 11.6 Å². The van der Waals surface area contributed by atoms with E-state index in [1.807, 2.05) is 0 Å². The maximum absolute atomic E-state index is 12.3. The number of hydrogen-bond acceptors (Lipinski definition) is 3. The van der Waals surface area contributed by atoms with Gasteiger partial charge in [0.05, 0.1) is 12.1 Å². The smallest absolute Gasteiger partial charge is 0.257 e. The number of pyridine rings is 1. The molecule has 20 heavy (non-hydrogen) atoms. The maximum Gasteiger partial charge on any atom is 0.257 e. The summed E-state index contributed by atoms with van der Waals surface area (Å²) in [5, 5.41) is 0.138. The standard InChI is InChI=1S/C13H15BrClN3O2/c1-17(8-11(19)18-4-2-3-5-18)13(20)10-6-9(14)7-16-12(10)15/h6-7H,2-5,8H2,1H3. The van der Waals surface area contributed by atoms with Crippen LogP contribution in [0.4, 0.5) is 0 Å². The van der Waals surface area contributed by atoms with Gasteiger partial charge in [-0.25, -0.2) is 4.98 Å². The molecule has 0 bridgehead atoms. The third-order valence-electron chi connectivity index (χ3n) is 3.21. The molecule has 0 N–H and O–H groups in total. The molecule has 2 rings (SSSR count). The van der Waals surface area contributed by atoms with E-state index in [0.29, 0.717) is 4.47 Å². The quantitative estimate of drug-likeness (QED) is 0.777. The molecule has 1 saturated heterocycles. The van der Waals surface area contributed by atoms with Gasteiger partial charge < -0.3 is 9.80 Å². The molecule has 7 heteroatoms. The van der Waals surface area contributed by atoms with Crippen molar-refractivity contribution >= 4 is 39.3 Å². The largest absolute Gasteiger partial charge is 0.341 e. The summed E-state index contributed by atoms with van der Waals surface area (Å²) >= 11 is 9.18. The monoisotopic (exact) mass is 359 g/mol. The molecule has 1 aromatic heterocycles. The van der Waals surface area contributed by atoms with Crippen LogP contribution >= 0.6 is 27.5 Å². The summed E-state index contributed by atoms with van der Waals surface area (Å²) < 4.78 is 0.671. The summed E-state index contributed by atoms with van der Waals surface area (Å²) in [6.07, 6.45) is 3.59. The lowest BCUT2D eigenvalue weighted by molar-refractivity contribution is -0.130. The molecule has 1 aliphatic rings. The predicted molar refractivity (Wildman–Crippen MR) is 79.7 cm³/mol. The van der Waals surface area contributed by atoms with Crippen LogP contribution in [-0.2, 0) is 4.79 Å². The van der Waals surface area contributed by atoms with Gasteiger partial charge in [0.25, 0.3) is 5.91 Å². The maximum atomic E-state index is 12.3. The van der Waals surface area contributed by atoms with E-state index in [1.165, 1.54) is 11.1 Å². The van der Waals surface area contributed by atoms with Gasteiger partial charge in [0.15, 0.2) is 0 Å². The van der Waals surface area contributed by atoms with Crippen molar-refractivity contribution in [2.45, 2.75) is 12.8 Å². The number of nitrogens with zero attached hydrogens (tertiary/aromatic N) is 3. The molecule has 0 unspecified atom stereocenters. The Kier molecular flexibility index (Phi) is 4.99. The third kappa shape index (κ3) is 3.49. The average Bonchev–Trinajstić information content (AvgIpc) is 2.94. The second-order valence-corrected chi connectivity index (χ2v) is 6.01. The molecule has 1 aromatic rings. The molecular weight excluding hydrogens is 346 g/mol. The summed E-state index contributed by atoms with van der Waals surface area (Å²) in [7, 11) is 1.59. The second kappa shape index (κ2) is 6.54. The molecule has 0 spiro atoms. The van der Waals surface area contributed by atoms with Gasteiger partial charge in [-0.05, 0) is 34.8 Å². The van der Waals surface area contributed by atoms with Crippen LogP contribution in [0.1, 0.15) is 23.2 Å². The van der Waals surface area contributed by atoms with Crippen molar-refractivity contribution in [2.24, 2.45) is 0 Å².